The zero-order valence-electron chi connectivity index (χ0n) is 10.9. The Bertz CT molecular complexity index is 506. The Morgan fingerprint density at radius 3 is 2.60 bits per heavy atom. The van der Waals surface area contributed by atoms with Crippen molar-refractivity contribution in [1.29, 1.82) is 0 Å². The van der Waals surface area contributed by atoms with Crippen LogP contribution in [0.2, 0.25) is 0 Å². The van der Waals surface area contributed by atoms with E-state index in [1.807, 2.05) is 30.3 Å². The molecule has 6 heteroatoms. The first-order chi connectivity index (χ1) is 9.67. The number of likely N-dealkylation sites (tertiary alicyclic amines) is 1. The van der Waals surface area contributed by atoms with Crippen molar-refractivity contribution in [1.82, 2.24) is 9.80 Å². The number of imide groups is 1. The van der Waals surface area contributed by atoms with Gasteiger partial charge in [-0.15, -0.1) is 11.6 Å². The highest BCUT2D eigenvalue weighted by Crippen LogP contribution is 2.20. The summed E-state index contributed by atoms with van der Waals surface area (Å²) in [6, 6.07) is 8.55. The van der Waals surface area contributed by atoms with E-state index < -0.39 is 6.04 Å². The second-order valence-corrected chi connectivity index (χ2v) is 4.93. The van der Waals surface area contributed by atoms with Crippen molar-refractivity contribution in [2.75, 3.05) is 12.4 Å². The summed E-state index contributed by atoms with van der Waals surface area (Å²) in [5.41, 5.74) is 0.879. The highest BCUT2D eigenvalue weighted by atomic mass is 35.5. The van der Waals surface area contributed by atoms with Gasteiger partial charge in [-0.2, -0.15) is 0 Å². The molecular weight excluding hydrogens is 280 g/mol. The normalized spacial score (nSPS) is 18.4. The number of alkyl halides is 1. The van der Waals surface area contributed by atoms with E-state index in [1.165, 1.54) is 9.80 Å². The fourth-order valence-electron chi connectivity index (χ4n) is 2.24. The standard InChI is InChI=1S/C14H15ClN2O3/c15-6-7-16(10-18)12-8-13(19)17(14(12)20)9-11-4-2-1-3-5-11/h1-5,10,12H,6-9H2. The van der Waals surface area contributed by atoms with Crippen molar-refractivity contribution in [3.63, 3.8) is 0 Å². The van der Waals surface area contributed by atoms with Crippen LogP contribution in [0.1, 0.15) is 12.0 Å². The van der Waals surface area contributed by atoms with Gasteiger partial charge in [0.25, 0.3) is 5.91 Å². The molecule has 1 heterocycles. The maximum Gasteiger partial charge on any atom is 0.252 e. The van der Waals surface area contributed by atoms with Crippen molar-refractivity contribution in [2.45, 2.75) is 19.0 Å². The SMILES string of the molecule is O=CN(CCCl)C1CC(=O)N(Cc2ccccc2)C1=O. The largest absolute Gasteiger partial charge is 0.331 e. The molecule has 0 aromatic heterocycles. The van der Waals surface area contributed by atoms with Crippen LogP contribution < -0.4 is 0 Å². The fraction of sp³-hybridized carbons (Fsp3) is 0.357. The first-order valence-electron chi connectivity index (χ1n) is 6.32. The van der Waals surface area contributed by atoms with E-state index >= 15 is 0 Å². The number of rotatable bonds is 6. The number of nitrogens with zero attached hydrogens (tertiary/aromatic N) is 2. The molecule has 3 amide bonds. The van der Waals surface area contributed by atoms with E-state index in [2.05, 4.69) is 0 Å². The molecule has 0 bridgehead atoms. The van der Waals surface area contributed by atoms with E-state index in [0.29, 0.717) is 6.41 Å². The Morgan fingerprint density at radius 1 is 1.30 bits per heavy atom. The zero-order chi connectivity index (χ0) is 14.5. The van der Waals surface area contributed by atoms with E-state index in [9.17, 15) is 14.4 Å². The molecule has 1 saturated heterocycles. The molecule has 1 aromatic rings. The molecule has 1 atom stereocenters. The van der Waals surface area contributed by atoms with Gasteiger partial charge in [0.1, 0.15) is 6.04 Å². The van der Waals surface area contributed by atoms with Gasteiger partial charge in [-0.05, 0) is 5.56 Å². The lowest BCUT2D eigenvalue weighted by molar-refractivity contribution is -0.141. The molecule has 1 aliphatic rings. The molecule has 1 aliphatic heterocycles. The van der Waals surface area contributed by atoms with Crippen LogP contribution in [0.3, 0.4) is 0 Å². The first kappa shape index (κ1) is 14.5. The number of amides is 3. The summed E-state index contributed by atoms with van der Waals surface area (Å²) < 4.78 is 0. The van der Waals surface area contributed by atoms with E-state index in [0.717, 1.165) is 5.56 Å². The Morgan fingerprint density at radius 2 is 2.00 bits per heavy atom. The molecule has 20 heavy (non-hydrogen) atoms. The number of benzene rings is 1. The number of carbonyl (C=O) groups is 3. The summed E-state index contributed by atoms with van der Waals surface area (Å²) in [6.07, 6.45) is 0.603. The summed E-state index contributed by atoms with van der Waals surface area (Å²) in [6.45, 7) is 0.497. The van der Waals surface area contributed by atoms with Crippen LogP contribution in [-0.4, -0.2) is 46.5 Å². The molecule has 2 rings (SSSR count). The van der Waals surface area contributed by atoms with Crippen LogP contribution >= 0.6 is 11.6 Å². The van der Waals surface area contributed by atoms with Crippen molar-refractivity contribution < 1.29 is 14.4 Å². The Hall–Kier alpha value is -1.88. The predicted molar refractivity (Wildman–Crippen MR) is 73.9 cm³/mol. The minimum atomic E-state index is -0.720. The van der Waals surface area contributed by atoms with Gasteiger partial charge in [0, 0.05) is 12.4 Å². The fourth-order valence-corrected chi connectivity index (χ4v) is 2.43. The minimum absolute atomic E-state index is 0.0291. The van der Waals surface area contributed by atoms with Gasteiger partial charge in [0.15, 0.2) is 0 Å². The quantitative estimate of drug-likeness (QED) is 0.447. The van der Waals surface area contributed by atoms with Gasteiger partial charge < -0.3 is 4.90 Å². The number of hydrogen-bond donors (Lipinski definition) is 0. The average molecular weight is 295 g/mol. The highest BCUT2D eigenvalue weighted by molar-refractivity contribution is 6.18. The minimum Gasteiger partial charge on any atom is -0.331 e. The first-order valence-corrected chi connectivity index (χ1v) is 6.86. The second-order valence-electron chi connectivity index (χ2n) is 4.56. The van der Waals surface area contributed by atoms with Gasteiger partial charge in [-0.3, -0.25) is 19.3 Å². The third kappa shape index (κ3) is 2.99. The number of halogens is 1. The molecule has 0 saturated carbocycles. The van der Waals surface area contributed by atoms with Crippen molar-refractivity contribution in [3.8, 4) is 0 Å². The van der Waals surface area contributed by atoms with Gasteiger partial charge >= 0.3 is 0 Å². The van der Waals surface area contributed by atoms with Gasteiger partial charge in [0.2, 0.25) is 12.3 Å². The maximum atomic E-state index is 12.3. The molecule has 1 aromatic carbocycles. The van der Waals surface area contributed by atoms with E-state index in [1.54, 1.807) is 0 Å². The maximum absolute atomic E-state index is 12.3. The molecule has 0 aliphatic carbocycles. The Kier molecular flexibility index (Phi) is 4.74. The summed E-state index contributed by atoms with van der Waals surface area (Å²) in [5.74, 6) is -0.364. The molecule has 106 valence electrons. The zero-order valence-corrected chi connectivity index (χ0v) is 11.6. The summed E-state index contributed by atoms with van der Waals surface area (Å²) in [4.78, 5) is 37.7. The lowest BCUT2D eigenvalue weighted by Gasteiger charge is -2.22. The van der Waals surface area contributed by atoms with Crippen LogP contribution in [0.4, 0.5) is 0 Å². The number of hydrogen-bond acceptors (Lipinski definition) is 3. The van der Waals surface area contributed by atoms with Crippen LogP contribution in [-0.2, 0) is 20.9 Å². The molecule has 5 nitrogen and oxygen atoms in total. The summed E-state index contributed by atoms with van der Waals surface area (Å²) in [7, 11) is 0. The lowest BCUT2D eigenvalue weighted by Crippen LogP contribution is -2.42. The smallest absolute Gasteiger partial charge is 0.252 e. The van der Waals surface area contributed by atoms with E-state index in [4.69, 9.17) is 11.6 Å². The van der Waals surface area contributed by atoms with Crippen LogP contribution in [0.15, 0.2) is 30.3 Å². The van der Waals surface area contributed by atoms with E-state index in [-0.39, 0.29) is 37.2 Å². The Balaban J connectivity index is 2.10. The van der Waals surface area contributed by atoms with Gasteiger partial charge in [-0.25, -0.2) is 0 Å². The Labute approximate surface area is 122 Å². The molecule has 0 N–H and O–H groups in total. The topological polar surface area (TPSA) is 57.7 Å². The molecule has 1 unspecified atom stereocenters. The monoisotopic (exact) mass is 294 g/mol. The van der Waals surface area contributed by atoms with Crippen molar-refractivity contribution >= 4 is 29.8 Å². The number of carbonyl (C=O) groups excluding carboxylic acids is 3. The van der Waals surface area contributed by atoms with Gasteiger partial charge in [-0.1, -0.05) is 30.3 Å². The molecule has 1 fully saturated rings. The third-order valence-corrected chi connectivity index (χ3v) is 3.45. The predicted octanol–water partition coefficient (Wildman–Crippen LogP) is 1.01. The van der Waals surface area contributed by atoms with Crippen LogP contribution in [0.5, 0.6) is 0 Å². The molecule has 0 spiro atoms. The highest BCUT2D eigenvalue weighted by Gasteiger charge is 2.41. The molecule has 0 radical (unpaired) electrons. The third-order valence-electron chi connectivity index (χ3n) is 3.28. The van der Waals surface area contributed by atoms with Crippen molar-refractivity contribution in [2.24, 2.45) is 0 Å². The van der Waals surface area contributed by atoms with Crippen molar-refractivity contribution in [3.05, 3.63) is 35.9 Å². The van der Waals surface area contributed by atoms with Gasteiger partial charge in [0.05, 0.1) is 13.0 Å². The molecular formula is C14H15ClN2O3. The lowest BCUT2D eigenvalue weighted by atomic mass is 10.2. The second kappa shape index (κ2) is 6.52. The summed E-state index contributed by atoms with van der Waals surface area (Å²) >= 11 is 5.59. The average Bonchev–Trinajstić information content (AvgIpc) is 2.74. The van der Waals surface area contributed by atoms with Crippen LogP contribution in [0, 0.1) is 0 Å². The summed E-state index contributed by atoms with van der Waals surface area (Å²) in [5, 5.41) is 0. The van der Waals surface area contributed by atoms with Crippen LogP contribution in [0.25, 0.3) is 0 Å².